The molecule has 1 aromatic heterocycles. The van der Waals surface area contributed by atoms with Crippen molar-refractivity contribution in [2.75, 3.05) is 110 Å². The van der Waals surface area contributed by atoms with Crippen molar-refractivity contribution in [2.45, 2.75) is 84.0 Å². The van der Waals surface area contributed by atoms with Gasteiger partial charge >= 0.3 is 0 Å². The summed E-state index contributed by atoms with van der Waals surface area (Å²) in [4.78, 5) is 82.1. The number of carbonyl (C=O) groups excluding carboxylic acids is 5. The third-order valence-corrected chi connectivity index (χ3v) is 19.0. The molecule has 7 aromatic rings. The van der Waals surface area contributed by atoms with Crippen molar-refractivity contribution in [3.05, 3.63) is 207 Å². The van der Waals surface area contributed by atoms with Crippen LogP contribution in [0.2, 0.25) is 0 Å². The van der Waals surface area contributed by atoms with Gasteiger partial charge in [-0.2, -0.15) is 0 Å². The fourth-order valence-electron chi connectivity index (χ4n) is 13.8. The Hall–Kier alpha value is -9.66. The van der Waals surface area contributed by atoms with Crippen LogP contribution in [0, 0.1) is 13.8 Å². The third-order valence-electron chi connectivity index (χ3n) is 19.0. The Morgan fingerprint density at radius 1 is 0.543 bits per heavy atom. The lowest BCUT2D eigenvalue weighted by Gasteiger charge is -2.39. The highest BCUT2D eigenvalue weighted by Crippen LogP contribution is 2.43. The molecule has 0 saturated carbocycles. The minimum atomic E-state index is -0.611. The van der Waals surface area contributed by atoms with Crippen LogP contribution in [-0.2, 0) is 0 Å². The molecule has 12 rings (SSSR count). The molecule has 492 valence electrons. The maximum absolute atomic E-state index is 14.4. The van der Waals surface area contributed by atoms with Gasteiger partial charge in [0.25, 0.3) is 29.5 Å². The van der Waals surface area contributed by atoms with Crippen molar-refractivity contribution < 1.29 is 47.4 Å². The summed E-state index contributed by atoms with van der Waals surface area (Å²) in [6.45, 7) is 16.3. The fourth-order valence-corrected chi connectivity index (χ4v) is 13.8. The summed E-state index contributed by atoms with van der Waals surface area (Å²) < 4.78 is 27.3. The number of hydrogen-bond donors (Lipinski definition) is 3. The molecule has 94 heavy (non-hydrogen) atoms. The van der Waals surface area contributed by atoms with Crippen LogP contribution in [0.1, 0.15) is 156 Å². The van der Waals surface area contributed by atoms with Gasteiger partial charge < -0.3 is 49.2 Å². The predicted octanol–water partition coefficient (Wildman–Crippen LogP) is 10.9. The van der Waals surface area contributed by atoms with Crippen LogP contribution in [0.25, 0.3) is 0 Å². The molecule has 0 radical (unpaired) electrons. The Morgan fingerprint density at radius 2 is 1.00 bits per heavy atom. The molecule has 0 aliphatic carbocycles. The Bertz CT molecular complexity index is 3860. The van der Waals surface area contributed by atoms with E-state index >= 15 is 0 Å². The fraction of sp³-hybridized carbons (Fsp3) is 0.378. The number of imide groups is 2. The number of nitrogens with zero attached hydrogens (tertiary/aromatic N) is 7. The summed E-state index contributed by atoms with van der Waals surface area (Å²) in [5, 5.41) is 13.6. The second kappa shape index (κ2) is 30.0. The number of aryl methyl sites for hydroxylation is 2. The van der Waals surface area contributed by atoms with Gasteiger partial charge in [0.05, 0.1) is 85.7 Å². The van der Waals surface area contributed by atoms with E-state index in [9.17, 15) is 24.0 Å². The lowest BCUT2D eigenvalue weighted by molar-refractivity contribution is 0.0556. The van der Waals surface area contributed by atoms with Gasteiger partial charge in [-0.15, -0.1) is 0 Å². The molecule has 5 aliphatic heterocycles. The molecule has 4 atom stereocenters. The molecule has 3 N–H and O–H groups in total. The van der Waals surface area contributed by atoms with E-state index in [1.54, 1.807) is 60.5 Å². The molecule has 20 nitrogen and oxygen atoms in total. The van der Waals surface area contributed by atoms with Crippen LogP contribution >= 0.6 is 0 Å². The monoisotopic (exact) mass is 1270 g/mol. The quantitative estimate of drug-likeness (QED) is 0.0380. The molecule has 2 saturated heterocycles. The number of piperazine rings is 2. The lowest BCUT2D eigenvalue weighted by atomic mass is 9.99. The summed E-state index contributed by atoms with van der Waals surface area (Å²) in [5.41, 5.74) is 8.53. The van der Waals surface area contributed by atoms with Crippen molar-refractivity contribution in [3.63, 3.8) is 0 Å². The minimum Gasteiger partial charge on any atom is -0.493 e. The van der Waals surface area contributed by atoms with Crippen molar-refractivity contribution in [1.29, 1.82) is 0 Å². The second-order valence-corrected chi connectivity index (χ2v) is 24.3. The average molecular weight is 1280 g/mol. The molecule has 0 unspecified atom stereocenters. The van der Waals surface area contributed by atoms with E-state index in [4.69, 9.17) is 23.5 Å². The van der Waals surface area contributed by atoms with Crippen LogP contribution in [0.5, 0.6) is 23.0 Å². The maximum Gasteiger partial charge on any atom is 0.264 e. The Balaban J connectivity index is 0.000000192. The number of amides is 5. The normalized spacial score (nSPS) is 16.9. The first-order valence-corrected chi connectivity index (χ1v) is 32.7. The molecular weight excluding hydrogens is 1190 g/mol. The SMILES string of the molecule is COc1ccc([C@@H](CCCNC(=O)c2c(C)noc2C)N2C(=O)c3cccc(N4CCN([C@H](C)c5ccccc5)CC4)c3C2=O)cc1OC.COc1ccc([C@@H](CCCNC2=CCCN2)N2C(=O)c3cccc(N4CCN([C@H](C)c5ccccc5)CC4)c3C2=O)cc1OC. The van der Waals surface area contributed by atoms with Crippen molar-refractivity contribution in [1.82, 2.24) is 40.7 Å². The summed E-state index contributed by atoms with van der Waals surface area (Å²) in [6, 6.07) is 42.9. The van der Waals surface area contributed by atoms with E-state index in [1.165, 1.54) is 20.9 Å². The number of aromatic nitrogens is 1. The summed E-state index contributed by atoms with van der Waals surface area (Å²) in [5.74, 6) is 2.28. The van der Waals surface area contributed by atoms with Crippen LogP contribution in [-0.4, -0.2) is 155 Å². The first-order valence-electron chi connectivity index (χ1n) is 32.7. The Kier molecular flexibility index (Phi) is 21.0. The number of anilines is 2. The van der Waals surface area contributed by atoms with Crippen molar-refractivity contribution in [3.8, 4) is 23.0 Å². The third kappa shape index (κ3) is 13.8. The molecule has 20 heteroatoms. The van der Waals surface area contributed by atoms with Crippen LogP contribution in [0.4, 0.5) is 11.4 Å². The second-order valence-electron chi connectivity index (χ2n) is 24.3. The molecule has 6 heterocycles. The molecular formula is C74H86N10O10. The zero-order valence-corrected chi connectivity index (χ0v) is 55.1. The first-order chi connectivity index (χ1) is 45.7. The van der Waals surface area contributed by atoms with Crippen LogP contribution in [0.15, 0.2) is 150 Å². The number of ether oxygens (including phenoxy) is 4. The van der Waals surface area contributed by atoms with Crippen LogP contribution in [0.3, 0.4) is 0 Å². The highest BCUT2D eigenvalue weighted by atomic mass is 16.5. The topological polar surface area (TPSA) is 204 Å². The largest absolute Gasteiger partial charge is 0.493 e. The van der Waals surface area contributed by atoms with E-state index in [2.05, 4.69) is 109 Å². The summed E-state index contributed by atoms with van der Waals surface area (Å²) in [6.07, 6.45) is 5.44. The van der Waals surface area contributed by atoms with Gasteiger partial charge in [0, 0.05) is 84.1 Å². The van der Waals surface area contributed by atoms with E-state index in [0.29, 0.717) is 94.1 Å². The number of rotatable bonds is 24. The average Bonchev–Trinajstić information content (AvgIpc) is 1.60. The van der Waals surface area contributed by atoms with E-state index in [-0.39, 0.29) is 35.6 Å². The number of hydrogen-bond acceptors (Lipinski definition) is 17. The zero-order chi connectivity index (χ0) is 66.0. The molecule has 5 aliphatic rings. The van der Waals surface area contributed by atoms with Gasteiger partial charge in [-0.25, -0.2) is 0 Å². The van der Waals surface area contributed by atoms with Gasteiger partial charge in [0.1, 0.15) is 11.3 Å². The highest BCUT2D eigenvalue weighted by Gasteiger charge is 2.45. The van der Waals surface area contributed by atoms with Crippen LogP contribution < -0.4 is 44.7 Å². The van der Waals surface area contributed by atoms with Gasteiger partial charge in [0.15, 0.2) is 23.0 Å². The summed E-state index contributed by atoms with van der Waals surface area (Å²) in [7, 11) is 6.30. The minimum absolute atomic E-state index is 0.237. The number of fused-ring (bicyclic) bond motifs is 2. The first kappa shape index (κ1) is 65.8. The predicted molar refractivity (Wildman–Crippen MR) is 361 cm³/mol. The van der Waals surface area contributed by atoms with E-state index < -0.39 is 12.1 Å². The van der Waals surface area contributed by atoms with Gasteiger partial charge in [-0.3, -0.25) is 43.6 Å². The van der Waals surface area contributed by atoms with E-state index in [1.807, 2.05) is 66.7 Å². The maximum atomic E-state index is 14.4. The zero-order valence-electron chi connectivity index (χ0n) is 55.1. The molecule has 5 amide bonds. The lowest BCUT2D eigenvalue weighted by Crippen LogP contribution is -2.47. The smallest absolute Gasteiger partial charge is 0.264 e. The molecule has 0 bridgehead atoms. The van der Waals surface area contributed by atoms with Crippen molar-refractivity contribution >= 4 is 40.9 Å². The summed E-state index contributed by atoms with van der Waals surface area (Å²) >= 11 is 0. The molecule has 2 fully saturated rings. The number of methoxy groups -OCH3 is 4. The van der Waals surface area contributed by atoms with Gasteiger partial charge in [0.2, 0.25) is 0 Å². The number of carbonyl (C=O) groups is 5. The number of nitrogens with one attached hydrogen (secondary N) is 3. The van der Waals surface area contributed by atoms with Crippen molar-refractivity contribution in [2.24, 2.45) is 0 Å². The highest BCUT2D eigenvalue weighted by molar-refractivity contribution is 6.25. The molecule has 0 spiro atoms. The van der Waals surface area contributed by atoms with E-state index in [0.717, 1.165) is 107 Å². The molecule has 6 aromatic carbocycles. The van der Waals surface area contributed by atoms with Gasteiger partial charge in [-0.05, 0) is 137 Å². The van der Waals surface area contributed by atoms with Gasteiger partial charge in [-0.1, -0.05) is 90.1 Å². The number of benzene rings is 6. The standard InChI is InChI=1S/C38H43N5O6.C36H43N5O4/c1-24-34(26(3)49-40-24)36(44)39-18-10-15-30(28-16-17-32(47-4)33(23-28)48-5)43-37(45)29-13-9-14-31(35(29)38(43)46)42-21-19-41(20-22-42)25(2)27-11-7-6-8-12-27;1-25(26-10-5-4-6-11-26)39-20-22-40(23-21-39)30-13-7-12-28-34(30)36(43)41(35(28)42)29(14-8-18-37-33-15-9-19-38-33)27-16-17-31(44-2)32(24-27)45-3/h6-9,11-14,16-17,23,25,30H,10,15,18-22H2,1-5H3,(H,39,44);4-7,10-13,15-17,24-25,29,37-38H,8-9,14,18-23H2,1-3H3/t25-,30-;25-,29-/m11/s1. The Labute approximate surface area is 550 Å². The Morgan fingerprint density at radius 3 is 1.41 bits per heavy atom.